The Morgan fingerprint density at radius 3 is 2.73 bits per heavy atom. The first-order valence-electron chi connectivity index (χ1n) is 7.55. The highest BCUT2D eigenvalue weighted by molar-refractivity contribution is 5.97. The second kappa shape index (κ2) is 6.64. The predicted molar refractivity (Wildman–Crippen MR) is 87.6 cm³/mol. The molecule has 1 heterocycles. The van der Waals surface area contributed by atoms with Gasteiger partial charge in [0, 0.05) is 19.3 Å². The van der Waals surface area contributed by atoms with Crippen molar-refractivity contribution in [1.82, 2.24) is 9.88 Å². The van der Waals surface area contributed by atoms with Crippen LogP contribution in [0.5, 0.6) is 5.75 Å². The van der Waals surface area contributed by atoms with Gasteiger partial charge in [0.15, 0.2) is 0 Å². The first-order valence-corrected chi connectivity index (χ1v) is 7.55. The van der Waals surface area contributed by atoms with Crippen LogP contribution in [0, 0.1) is 0 Å². The molecule has 2 rings (SSSR count). The van der Waals surface area contributed by atoms with Gasteiger partial charge in [-0.1, -0.05) is 6.92 Å². The molecule has 0 saturated carbocycles. The average Bonchev–Trinajstić information content (AvgIpc) is 2.50. The number of nitrogens with zero attached hydrogens (tertiary/aromatic N) is 1. The van der Waals surface area contributed by atoms with E-state index in [1.807, 2.05) is 40.0 Å². The zero-order chi connectivity index (χ0) is 16.3. The van der Waals surface area contributed by atoms with Crippen LogP contribution in [0.2, 0.25) is 0 Å². The number of ether oxygens (including phenoxy) is 1. The lowest BCUT2D eigenvalue weighted by molar-refractivity contribution is 0.0937. The summed E-state index contributed by atoms with van der Waals surface area (Å²) in [6, 6.07) is 5.38. The Hall–Kier alpha value is -2.30. The van der Waals surface area contributed by atoms with E-state index in [1.165, 1.54) is 0 Å². The summed E-state index contributed by atoms with van der Waals surface area (Å²) in [5, 5.41) is 3.33. The summed E-state index contributed by atoms with van der Waals surface area (Å²) in [5.41, 5.74) is 0.660. The van der Waals surface area contributed by atoms with Gasteiger partial charge in [-0.25, -0.2) is 0 Å². The summed E-state index contributed by atoms with van der Waals surface area (Å²) in [7, 11) is 1.82. The highest BCUT2D eigenvalue weighted by Crippen LogP contribution is 2.18. The molecule has 118 valence electrons. The van der Waals surface area contributed by atoms with E-state index < -0.39 is 0 Å². The van der Waals surface area contributed by atoms with Crippen LogP contribution in [0.1, 0.15) is 37.6 Å². The van der Waals surface area contributed by atoms with Crippen LogP contribution in [0.15, 0.2) is 29.2 Å². The van der Waals surface area contributed by atoms with Crippen LogP contribution >= 0.6 is 0 Å². The van der Waals surface area contributed by atoms with Gasteiger partial charge in [0.25, 0.3) is 5.91 Å². The summed E-state index contributed by atoms with van der Waals surface area (Å²) in [5.74, 6) is 0.297. The second-order valence-electron chi connectivity index (χ2n) is 5.38. The van der Waals surface area contributed by atoms with E-state index in [4.69, 9.17) is 4.74 Å². The lowest BCUT2D eigenvalue weighted by Crippen LogP contribution is -2.35. The largest absolute Gasteiger partial charge is 0.494 e. The maximum atomic E-state index is 12.6. The van der Waals surface area contributed by atoms with Gasteiger partial charge in [-0.2, -0.15) is 0 Å². The zero-order valence-corrected chi connectivity index (χ0v) is 13.5. The molecule has 0 aliphatic carbocycles. The van der Waals surface area contributed by atoms with E-state index in [0.717, 1.165) is 11.9 Å². The summed E-state index contributed by atoms with van der Waals surface area (Å²) in [6.45, 7) is 6.31. The van der Waals surface area contributed by atoms with Crippen LogP contribution in [0.4, 0.5) is 0 Å². The predicted octanol–water partition coefficient (Wildman–Crippen LogP) is 2.47. The topological polar surface area (TPSA) is 60.3 Å². The fraction of sp³-hybridized carbons (Fsp3) is 0.412. The summed E-state index contributed by atoms with van der Waals surface area (Å²) in [4.78, 5) is 24.9. The number of aryl methyl sites for hydroxylation is 1. The quantitative estimate of drug-likeness (QED) is 0.923. The van der Waals surface area contributed by atoms with E-state index >= 15 is 0 Å². The van der Waals surface area contributed by atoms with E-state index in [-0.39, 0.29) is 22.9 Å². The van der Waals surface area contributed by atoms with Gasteiger partial charge in [-0.05, 0) is 38.5 Å². The van der Waals surface area contributed by atoms with Crippen molar-refractivity contribution in [3.05, 3.63) is 40.2 Å². The first-order chi connectivity index (χ1) is 10.5. The molecule has 0 aliphatic rings. The Kier molecular flexibility index (Phi) is 4.85. The van der Waals surface area contributed by atoms with E-state index in [0.29, 0.717) is 17.7 Å². The van der Waals surface area contributed by atoms with Crippen LogP contribution in [0.3, 0.4) is 0 Å². The molecule has 0 aliphatic heterocycles. The van der Waals surface area contributed by atoms with Crippen molar-refractivity contribution in [2.45, 2.75) is 33.2 Å². The molecule has 1 aromatic heterocycles. The number of hydrogen-bond donors (Lipinski definition) is 1. The highest BCUT2D eigenvalue weighted by Gasteiger charge is 2.16. The van der Waals surface area contributed by atoms with E-state index in [1.54, 1.807) is 16.8 Å². The number of fused-ring (bicyclic) bond motifs is 1. The fourth-order valence-electron chi connectivity index (χ4n) is 2.29. The molecule has 0 saturated heterocycles. The number of benzene rings is 1. The molecule has 5 heteroatoms. The highest BCUT2D eigenvalue weighted by atomic mass is 16.5. The smallest absolute Gasteiger partial charge is 0.256 e. The third kappa shape index (κ3) is 3.13. The van der Waals surface area contributed by atoms with Crippen molar-refractivity contribution in [3.8, 4) is 5.75 Å². The molecule has 0 spiro atoms. The minimum absolute atomic E-state index is 0.0302. The molecule has 1 aromatic carbocycles. The van der Waals surface area contributed by atoms with Crippen molar-refractivity contribution in [2.24, 2.45) is 7.05 Å². The Morgan fingerprint density at radius 2 is 2.09 bits per heavy atom. The molecular weight excluding hydrogens is 280 g/mol. The Labute approximate surface area is 129 Å². The number of hydrogen-bond acceptors (Lipinski definition) is 3. The average molecular weight is 302 g/mol. The second-order valence-corrected chi connectivity index (χ2v) is 5.38. The molecule has 0 unspecified atom stereocenters. The fourth-order valence-corrected chi connectivity index (χ4v) is 2.29. The van der Waals surface area contributed by atoms with Crippen molar-refractivity contribution in [2.75, 3.05) is 6.61 Å². The number of carbonyl (C=O) groups excluding carboxylic acids is 1. The van der Waals surface area contributed by atoms with Gasteiger partial charge in [-0.3, -0.25) is 9.59 Å². The van der Waals surface area contributed by atoms with Crippen molar-refractivity contribution >= 4 is 16.8 Å². The van der Waals surface area contributed by atoms with Gasteiger partial charge in [-0.15, -0.1) is 0 Å². The van der Waals surface area contributed by atoms with Crippen LogP contribution in [-0.4, -0.2) is 23.1 Å². The van der Waals surface area contributed by atoms with Crippen molar-refractivity contribution in [1.29, 1.82) is 0 Å². The summed E-state index contributed by atoms with van der Waals surface area (Å²) in [6.07, 6.45) is 2.40. The lowest BCUT2D eigenvalue weighted by Gasteiger charge is -2.13. The van der Waals surface area contributed by atoms with Crippen LogP contribution < -0.4 is 15.5 Å². The van der Waals surface area contributed by atoms with Crippen LogP contribution in [-0.2, 0) is 7.05 Å². The van der Waals surface area contributed by atoms with Crippen molar-refractivity contribution in [3.63, 3.8) is 0 Å². The zero-order valence-electron chi connectivity index (χ0n) is 13.5. The normalized spacial score (nSPS) is 12.2. The summed E-state index contributed by atoms with van der Waals surface area (Å²) >= 11 is 0. The Bertz CT molecular complexity index is 749. The number of carbonyl (C=O) groups is 1. The molecule has 1 atom stereocenters. The first kappa shape index (κ1) is 16.1. The Balaban J connectivity index is 2.54. The van der Waals surface area contributed by atoms with E-state index in [9.17, 15) is 9.59 Å². The molecule has 22 heavy (non-hydrogen) atoms. The molecule has 0 radical (unpaired) electrons. The number of nitrogens with one attached hydrogen (secondary N) is 1. The maximum absolute atomic E-state index is 12.6. The molecule has 1 amide bonds. The number of aromatic nitrogens is 1. The third-order valence-electron chi connectivity index (χ3n) is 3.71. The Morgan fingerprint density at radius 1 is 1.36 bits per heavy atom. The lowest BCUT2D eigenvalue weighted by atomic mass is 10.1. The van der Waals surface area contributed by atoms with Gasteiger partial charge in [0.2, 0.25) is 5.43 Å². The SMILES string of the molecule is CCOc1ccc2c(c1)c(=O)c(C(=O)N[C@@H](C)CC)cn2C. The number of rotatable bonds is 5. The minimum atomic E-state index is -0.335. The molecule has 0 fully saturated rings. The minimum Gasteiger partial charge on any atom is -0.494 e. The van der Waals surface area contributed by atoms with Gasteiger partial charge in [0.05, 0.1) is 17.5 Å². The standard InChI is InChI=1S/C17H22N2O3/c1-5-11(3)18-17(21)14-10-19(4)15-8-7-12(22-6-2)9-13(15)16(14)20/h7-11H,5-6H2,1-4H3,(H,18,21)/t11-/m0/s1. The van der Waals surface area contributed by atoms with Gasteiger partial charge < -0.3 is 14.6 Å². The molecule has 1 N–H and O–H groups in total. The maximum Gasteiger partial charge on any atom is 0.256 e. The molecule has 5 nitrogen and oxygen atoms in total. The van der Waals surface area contributed by atoms with Crippen molar-refractivity contribution < 1.29 is 9.53 Å². The number of pyridine rings is 1. The monoisotopic (exact) mass is 302 g/mol. The van der Waals surface area contributed by atoms with Crippen LogP contribution in [0.25, 0.3) is 10.9 Å². The van der Waals surface area contributed by atoms with Gasteiger partial charge in [0.1, 0.15) is 11.3 Å². The third-order valence-corrected chi connectivity index (χ3v) is 3.71. The summed E-state index contributed by atoms with van der Waals surface area (Å²) < 4.78 is 7.23. The number of amides is 1. The van der Waals surface area contributed by atoms with E-state index in [2.05, 4.69) is 5.32 Å². The molecule has 2 aromatic rings. The molecule has 0 bridgehead atoms. The molecular formula is C17H22N2O3. The van der Waals surface area contributed by atoms with Gasteiger partial charge >= 0.3 is 0 Å².